The summed E-state index contributed by atoms with van der Waals surface area (Å²) in [5.74, 6) is 0.373. The Hall–Kier alpha value is -2.75. The molecule has 1 aromatic heterocycles. The van der Waals surface area contributed by atoms with Gasteiger partial charge in [0.1, 0.15) is 24.1 Å². The molecule has 0 spiro atoms. The average Bonchev–Trinajstić information content (AvgIpc) is 3.63. The van der Waals surface area contributed by atoms with Gasteiger partial charge >= 0.3 is 6.09 Å². The molecule has 1 amide bonds. The second-order valence-electron chi connectivity index (χ2n) is 8.65. The number of aromatic nitrogens is 2. The van der Waals surface area contributed by atoms with Crippen molar-refractivity contribution < 1.29 is 22.9 Å². The van der Waals surface area contributed by atoms with E-state index in [0.29, 0.717) is 48.1 Å². The maximum Gasteiger partial charge on any atom is 0.410 e. The first-order chi connectivity index (χ1) is 15.8. The van der Waals surface area contributed by atoms with Gasteiger partial charge in [-0.1, -0.05) is 0 Å². The summed E-state index contributed by atoms with van der Waals surface area (Å²) in [6.45, 7) is 6.55. The highest BCUT2D eigenvalue weighted by Gasteiger charge is 2.30. The van der Waals surface area contributed by atoms with Gasteiger partial charge in [0.2, 0.25) is 5.88 Å². The summed E-state index contributed by atoms with van der Waals surface area (Å²) in [4.78, 5) is 22.7. The van der Waals surface area contributed by atoms with E-state index in [-0.39, 0.29) is 29.2 Å². The van der Waals surface area contributed by atoms with Crippen LogP contribution < -0.4 is 10.1 Å². The molecule has 1 aliphatic carbocycles. The standard InChI is InChI=1S/C23H29FN4O4S/c1-14(2)31-23(29)28-10-8-16(9-11-28)32-22-15(3)21(25-13-26-22)27-20-7-6-18(12-19(20)24)33(30)17-4-5-17/h6-7,12-14,16-17H,4-5,8-11H2,1-3H3,(H,25,26,27). The lowest BCUT2D eigenvalue weighted by atomic mass is 10.1. The average molecular weight is 477 g/mol. The molecule has 8 nitrogen and oxygen atoms in total. The Morgan fingerprint density at radius 3 is 2.58 bits per heavy atom. The summed E-state index contributed by atoms with van der Waals surface area (Å²) in [6, 6.07) is 4.59. The van der Waals surface area contributed by atoms with E-state index >= 15 is 0 Å². The zero-order valence-electron chi connectivity index (χ0n) is 19.0. The van der Waals surface area contributed by atoms with Crippen molar-refractivity contribution in [2.45, 2.75) is 68.8 Å². The number of halogens is 1. The number of hydrogen-bond donors (Lipinski definition) is 1. The lowest BCUT2D eigenvalue weighted by Gasteiger charge is -2.32. The molecule has 2 aliphatic rings. The van der Waals surface area contributed by atoms with Crippen molar-refractivity contribution in [3.8, 4) is 5.88 Å². The van der Waals surface area contributed by atoms with Gasteiger partial charge in [-0.15, -0.1) is 0 Å². The fourth-order valence-corrected chi connectivity index (χ4v) is 4.96. The molecular formula is C23H29FN4O4S. The molecule has 2 fully saturated rings. The van der Waals surface area contributed by atoms with Crippen molar-refractivity contribution in [1.29, 1.82) is 0 Å². The van der Waals surface area contributed by atoms with E-state index < -0.39 is 16.6 Å². The fourth-order valence-electron chi connectivity index (χ4n) is 3.59. The van der Waals surface area contributed by atoms with Crippen LogP contribution in [0.3, 0.4) is 0 Å². The number of amides is 1. The molecule has 1 saturated heterocycles. The Balaban J connectivity index is 1.38. The Labute approximate surface area is 195 Å². The molecular weight excluding hydrogens is 447 g/mol. The second kappa shape index (κ2) is 10.0. The van der Waals surface area contributed by atoms with Gasteiger partial charge < -0.3 is 19.7 Å². The van der Waals surface area contributed by atoms with E-state index in [4.69, 9.17) is 9.47 Å². The predicted molar refractivity (Wildman–Crippen MR) is 123 cm³/mol. The summed E-state index contributed by atoms with van der Waals surface area (Å²) in [5.41, 5.74) is 0.903. The lowest BCUT2D eigenvalue weighted by Crippen LogP contribution is -2.42. The maximum absolute atomic E-state index is 14.7. The maximum atomic E-state index is 14.7. The smallest absolute Gasteiger partial charge is 0.410 e. The van der Waals surface area contributed by atoms with Crippen LogP contribution in [0.4, 0.5) is 20.7 Å². The van der Waals surface area contributed by atoms with Gasteiger partial charge in [-0.05, 0) is 51.8 Å². The molecule has 1 saturated carbocycles. The van der Waals surface area contributed by atoms with Crippen LogP contribution in [0.2, 0.25) is 0 Å². The van der Waals surface area contributed by atoms with Crippen LogP contribution in [0.25, 0.3) is 0 Å². The van der Waals surface area contributed by atoms with Crippen molar-refractivity contribution in [2.75, 3.05) is 18.4 Å². The zero-order valence-corrected chi connectivity index (χ0v) is 19.9. The third kappa shape index (κ3) is 5.79. The highest BCUT2D eigenvalue weighted by Crippen LogP contribution is 2.32. The topological polar surface area (TPSA) is 93.6 Å². The minimum atomic E-state index is -1.16. The van der Waals surface area contributed by atoms with Crippen LogP contribution in [0.15, 0.2) is 29.4 Å². The molecule has 2 heterocycles. The van der Waals surface area contributed by atoms with Gasteiger partial charge in [0.05, 0.1) is 28.2 Å². The number of rotatable bonds is 7. The number of likely N-dealkylation sites (tertiary alicyclic amines) is 1. The number of benzene rings is 1. The molecule has 0 radical (unpaired) electrons. The Morgan fingerprint density at radius 2 is 1.94 bits per heavy atom. The molecule has 1 aromatic carbocycles. The largest absolute Gasteiger partial charge is 0.474 e. The molecule has 1 atom stereocenters. The summed E-state index contributed by atoms with van der Waals surface area (Å²) < 4.78 is 38.3. The fraction of sp³-hybridized carbons (Fsp3) is 0.522. The number of piperidine rings is 1. The minimum absolute atomic E-state index is 0.0945. The molecule has 1 aliphatic heterocycles. The first kappa shape index (κ1) is 23.4. The SMILES string of the molecule is Cc1c(Nc2ccc(S(=O)C3CC3)cc2F)ncnc1OC1CCN(C(=O)OC(C)C)CC1. The predicted octanol–water partition coefficient (Wildman–Crippen LogP) is 4.33. The third-order valence-electron chi connectivity index (χ3n) is 5.61. The molecule has 0 bridgehead atoms. The van der Waals surface area contributed by atoms with Crippen molar-refractivity contribution in [3.05, 3.63) is 35.9 Å². The number of carbonyl (C=O) groups excluding carboxylic acids is 1. The quantitative estimate of drug-likeness (QED) is 0.636. The summed E-state index contributed by atoms with van der Waals surface area (Å²) in [5, 5.41) is 3.15. The number of nitrogens with one attached hydrogen (secondary N) is 1. The molecule has 33 heavy (non-hydrogen) atoms. The van der Waals surface area contributed by atoms with Crippen molar-refractivity contribution >= 4 is 28.4 Å². The van der Waals surface area contributed by atoms with Gasteiger partial charge in [-0.2, -0.15) is 0 Å². The van der Waals surface area contributed by atoms with Crippen molar-refractivity contribution in [2.24, 2.45) is 0 Å². The van der Waals surface area contributed by atoms with Gasteiger partial charge in [0.25, 0.3) is 0 Å². The number of nitrogens with zero attached hydrogens (tertiary/aromatic N) is 3. The van der Waals surface area contributed by atoms with Gasteiger partial charge in [-0.3, -0.25) is 4.21 Å². The second-order valence-corrected chi connectivity index (χ2v) is 10.4. The minimum Gasteiger partial charge on any atom is -0.474 e. The molecule has 10 heteroatoms. The lowest BCUT2D eigenvalue weighted by molar-refractivity contribution is 0.0505. The highest BCUT2D eigenvalue weighted by atomic mass is 32.2. The van der Waals surface area contributed by atoms with E-state index in [9.17, 15) is 13.4 Å². The molecule has 4 rings (SSSR count). The first-order valence-corrected chi connectivity index (χ1v) is 12.4. The van der Waals surface area contributed by atoms with Crippen LogP contribution in [-0.2, 0) is 15.5 Å². The number of carbonyl (C=O) groups is 1. The van der Waals surface area contributed by atoms with E-state index in [2.05, 4.69) is 15.3 Å². The van der Waals surface area contributed by atoms with Gasteiger partial charge in [0.15, 0.2) is 0 Å². The Kier molecular flexibility index (Phi) is 7.11. The number of anilines is 2. The monoisotopic (exact) mass is 476 g/mol. The number of hydrogen-bond acceptors (Lipinski definition) is 7. The van der Waals surface area contributed by atoms with Crippen LogP contribution in [-0.4, -0.2) is 55.7 Å². The van der Waals surface area contributed by atoms with Crippen LogP contribution in [0.5, 0.6) is 5.88 Å². The highest BCUT2D eigenvalue weighted by molar-refractivity contribution is 7.86. The van der Waals surface area contributed by atoms with Crippen LogP contribution in [0, 0.1) is 12.7 Å². The van der Waals surface area contributed by atoms with Crippen molar-refractivity contribution in [3.63, 3.8) is 0 Å². The third-order valence-corrected chi connectivity index (χ3v) is 7.40. The molecule has 2 aromatic rings. The number of ether oxygens (including phenoxy) is 2. The van der Waals surface area contributed by atoms with E-state index in [0.717, 1.165) is 12.8 Å². The molecule has 178 valence electrons. The van der Waals surface area contributed by atoms with E-state index in [1.165, 1.54) is 12.4 Å². The Bertz CT molecular complexity index is 1040. The normalized spacial score (nSPS) is 17.7. The van der Waals surface area contributed by atoms with E-state index in [1.807, 2.05) is 13.8 Å². The summed E-state index contributed by atoms with van der Waals surface area (Å²) in [6.07, 6.45) is 4.00. The Morgan fingerprint density at radius 1 is 1.21 bits per heavy atom. The zero-order chi connectivity index (χ0) is 23.5. The summed E-state index contributed by atoms with van der Waals surface area (Å²) >= 11 is 0. The van der Waals surface area contributed by atoms with Crippen LogP contribution in [0.1, 0.15) is 45.1 Å². The molecule has 1 unspecified atom stereocenters. The van der Waals surface area contributed by atoms with Crippen LogP contribution >= 0.6 is 0 Å². The molecule has 1 N–H and O–H groups in total. The van der Waals surface area contributed by atoms with Crippen molar-refractivity contribution in [1.82, 2.24) is 14.9 Å². The van der Waals surface area contributed by atoms with Gasteiger partial charge in [0, 0.05) is 36.1 Å². The van der Waals surface area contributed by atoms with E-state index in [1.54, 1.807) is 24.0 Å². The first-order valence-electron chi connectivity index (χ1n) is 11.2. The van der Waals surface area contributed by atoms with Gasteiger partial charge in [-0.25, -0.2) is 19.2 Å². The summed E-state index contributed by atoms with van der Waals surface area (Å²) in [7, 11) is -1.16.